The highest BCUT2D eigenvalue weighted by molar-refractivity contribution is 5.88. The highest BCUT2D eigenvalue weighted by Gasteiger charge is 2.04. The minimum absolute atomic E-state index is 0.00641. The molecule has 24 heavy (non-hydrogen) atoms. The van der Waals surface area contributed by atoms with Gasteiger partial charge in [0.1, 0.15) is 12.4 Å². The van der Waals surface area contributed by atoms with Gasteiger partial charge in [0.25, 0.3) is 0 Å². The molecule has 0 radical (unpaired) electrons. The van der Waals surface area contributed by atoms with Crippen molar-refractivity contribution >= 4 is 17.5 Å². The van der Waals surface area contributed by atoms with E-state index in [1.54, 1.807) is 31.2 Å². The largest absolute Gasteiger partial charge is 0.492 e. The number of aliphatic hydroxyl groups excluding tert-OH is 1. The van der Waals surface area contributed by atoms with Gasteiger partial charge < -0.3 is 25.8 Å². The average Bonchev–Trinajstić information content (AvgIpc) is 2.55. The Kier molecular flexibility index (Phi) is 9.48. The Balaban J connectivity index is 2.09. The van der Waals surface area contributed by atoms with Gasteiger partial charge in [-0.1, -0.05) is 6.92 Å². The standard InChI is InChI=1S/C17H27N3O4/c1-3-17(23)19-9-8-15(22)12-18-10-11-24-16-6-4-14(5-7-16)20-13(2)21/h4-7,15,18,22H,3,8-12H2,1-2H3,(H,19,23)(H,20,21). The molecule has 0 heterocycles. The number of nitrogens with one attached hydrogen (secondary N) is 3. The SMILES string of the molecule is CCC(=O)NCCC(O)CNCCOc1ccc(NC(C)=O)cc1. The fraction of sp³-hybridized carbons (Fsp3) is 0.529. The van der Waals surface area contributed by atoms with Crippen LogP contribution in [0.15, 0.2) is 24.3 Å². The summed E-state index contributed by atoms with van der Waals surface area (Å²) in [6.07, 6.45) is 0.473. The van der Waals surface area contributed by atoms with Crippen LogP contribution in [0.5, 0.6) is 5.75 Å². The normalized spacial score (nSPS) is 11.6. The molecule has 0 bridgehead atoms. The minimum atomic E-state index is -0.501. The van der Waals surface area contributed by atoms with Gasteiger partial charge in [0.05, 0.1) is 6.10 Å². The van der Waals surface area contributed by atoms with Gasteiger partial charge in [0, 0.05) is 38.7 Å². The maximum atomic E-state index is 11.1. The molecule has 4 N–H and O–H groups in total. The van der Waals surface area contributed by atoms with Gasteiger partial charge in [-0.05, 0) is 30.7 Å². The number of carbonyl (C=O) groups excluding carboxylic acids is 2. The molecule has 0 aromatic heterocycles. The summed E-state index contributed by atoms with van der Waals surface area (Å²) < 4.78 is 5.56. The molecule has 0 saturated heterocycles. The van der Waals surface area contributed by atoms with Crippen molar-refractivity contribution in [3.05, 3.63) is 24.3 Å². The van der Waals surface area contributed by atoms with E-state index in [2.05, 4.69) is 16.0 Å². The van der Waals surface area contributed by atoms with Gasteiger partial charge in [0.2, 0.25) is 11.8 Å². The molecule has 2 amide bonds. The van der Waals surface area contributed by atoms with E-state index in [-0.39, 0.29) is 11.8 Å². The molecule has 1 aromatic rings. The van der Waals surface area contributed by atoms with E-state index in [0.717, 1.165) is 5.69 Å². The Labute approximate surface area is 142 Å². The van der Waals surface area contributed by atoms with Crippen molar-refractivity contribution < 1.29 is 19.4 Å². The first-order valence-corrected chi connectivity index (χ1v) is 8.17. The third-order valence-electron chi connectivity index (χ3n) is 3.22. The fourth-order valence-electron chi connectivity index (χ4n) is 1.95. The van der Waals surface area contributed by atoms with Crippen molar-refractivity contribution in [1.29, 1.82) is 0 Å². The lowest BCUT2D eigenvalue weighted by Gasteiger charge is -2.13. The van der Waals surface area contributed by atoms with Gasteiger partial charge in [-0.15, -0.1) is 0 Å². The van der Waals surface area contributed by atoms with E-state index in [1.807, 2.05) is 0 Å². The van der Waals surface area contributed by atoms with E-state index in [9.17, 15) is 14.7 Å². The lowest BCUT2D eigenvalue weighted by Crippen LogP contribution is -2.33. The second kappa shape index (κ2) is 11.4. The topological polar surface area (TPSA) is 99.7 Å². The van der Waals surface area contributed by atoms with Crippen molar-refractivity contribution in [2.75, 3.05) is 31.6 Å². The molecule has 1 rings (SSSR count). The lowest BCUT2D eigenvalue weighted by molar-refractivity contribution is -0.120. The molecular formula is C17H27N3O4. The summed E-state index contributed by atoms with van der Waals surface area (Å²) in [5, 5.41) is 18.3. The highest BCUT2D eigenvalue weighted by atomic mass is 16.5. The predicted octanol–water partition coefficient (Wildman–Crippen LogP) is 0.891. The van der Waals surface area contributed by atoms with Crippen LogP contribution < -0.4 is 20.7 Å². The third-order valence-corrected chi connectivity index (χ3v) is 3.22. The molecule has 134 valence electrons. The molecule has 0 fully saturated rings. The summed E-state index contributed by atoms with van der Waals surface area (Å²) in [4.78, 5) is 22.0. The van der Waals surface area contributed by atoms with Crippen LogP contribution in [0.3, 0.4) is 0 Å². The quantitative estimate of drug-likeness (QED) is 0.450. The molecule has 0 saturated carbocycles. The summed E-state index contributed by atoms with van der Waals surface area (Å²) in [5.41, 5.74) is 0.728. The Hall–Kier alpha value is -2.12. The molecule has 1 unspecified atom stereocenters. The van der Waals surface area contributed by atoms with Gasteiger partial charge >= 0.3 is 0 Å². The number of carbonyl (C=O) groups is 2. The maximum Gasteiger partial charge on any atom is 0.221 e. The summed E-state index contributed by atoms with van der Waals surface area (Å²) >= 11 is 0. The zero-order valence-electron chi connectivity index (χ0n) is 14.3. The molecule has 1 atom stereocenters. The van der Waals surface area contributed by atoms with E-state index < -0.39 is 6.10 Å². The number of hydrogen-bond acceptors (Lipinski definition) is 5. The second-order valence-corrected chi connectivity index (χ2v) is 5.40. The monoisotopic (exact) mass is 337 g/mol. The van der Waals surface area contributed by atoms with E-state index in [1.165, 1.54) is 6.92 Å². The van der Waals surface area contributed by atoms with Crippen LogP contribution in [-0.4, -0.2) is 49.3 Å². The number of hydrogen-bond donors (Lipinski definition) is 4. The van der Waals surface area contributed by atoms with Crippen LogP contribution in [0.25, 0.3) is 0 Å². The van der Waals surface area contributed by atoms with Gasteiger partial charge in [-0.2, -0.15) is 0 Å². The van der Waals surface area contributed by atoms with Crippen LogP contribution in [0.1, 0.15) is 26.7 Å². The zero-order valence-corrected chi connectivity index (χ0v) is 14.3. The molecule has 0 aliphatic heterocycles. The summed E-state index contributed by atoms with van der Waals surface area (Å²) in [6, 6.07) is 7.13. The zero-order chi connectivity index (χ0) is 17.8. The maximum absolute atomic E-state index is 11.1. The van der Waals surface area contributed by atoms with Gasteiger partial charge in [0.15, 0.2) is 0 Å². The van der Waals surface area contributed by atoms with Crippen molar-refractivity contribution in [2.24, 2.45) is 0 Å². The molecule has 7 nitrogen and oxygen atoms in total. The van der Waals surface area contributed by atoms with Crippen LogP contribution in [0, 0.1) is 0 Å². The van der Waals surface area contributed by atoms with Crippen LogP contribution in [0.4, 0.5) is 5.69 Å². The Morgan fingerprint density at radius 3 is 2.54 bits per heavy atom. The van der Waals surface area contributed by atoms with E-state index in [0.29, 0.717) is 44.8 Å². The molecular weight excluding hydrogens is 310 g/mol. The van der Waals surface area contributed by atoms with E-state index >= 15 is 0 Å². The molecule has 0 aliphatic carbocycles. The summed E-state index contributed by atoms with van der Waals surface area (Å²) in [5.74, 6) is 0.600. The van der Waals surface area contributed by atoms with Crippen LogP contribution in [-0.2, 0) is 9.59 Å². The average molecular weight is 337 g/mol. The first-order chi connectivity index (χ1) is 11.5. The minimum Gasteiger partial charge on any atom is -0.492 e. The number of aliphatic hydroxyl groups is 1. The van der Waals surface area contributed by atoms with Crippen molar-refractivity contribution in [2.45, 2.75) is 32.8 Å². The van der Waals surface area contributed by atoms with Crippen LogP contribution in [0.2, 0.25) is 0 Å². The van der Waals surface area contributed by atoms with Gasteiger partial charge in [-0.25, -0.2) is 0 Å². The number of benzene rings is 1. The number of anilines is 1. The molecule has 0 aliphatic rings. The Morgan fingerprint density at radius 2 is 1.92 bits per heavy atom. The summed E-state index contributed by atoms with van der Waals surface area (Å²) in [7, 11) is 0. The number of rotatable bonds is 11. The fourth-order valence-corrected chi connectivity index (χ4v) is 1.95. The number of amides is 2. The highest BCUT2D eigenvalue weighted by Crippen LogP contribution is 2.15. The Bertz CT molecular complexity index is 505. The molecule has 0 spiro atoms. The number of ether oxygens (including phenoxy) is 1. The van der Waals surface area contributed by atoms with Gasteiger partial charge in [-0.3, -0.25) is 9.59 Å². The van der Waals surface area contributed by atoms with E-state index in [4.69, 9.17) is 4.74 Å². The molecule has 7 heteroatoms. The smallest absolute Gasteiger partial charge is 0.221 e. The van der Waals surface area contributed by atoms with Crippen LogP contribution >= 0.6 is 0 Å². The second-order valence-electron chi connectivity index (χ2n) is 5.40. The summed E-state index contributed by atoms with van der Waals surface area (Å²) in [6.45, 7) is 5.26. The van der Waals surface area contributed by atoms with Crippen molar-refractivity contribution in [3.8, 4) is 5.75 Å². The Morgan fingerprint density at radius 1 is 1.21 bits per heavy atom. The first-order valence-electron chi connectivity index (χ1n) is 8.17. The predicted molar refractivity (Wildman–Crippen MR) is 93.0 cm³/mol. The third kappa shape index (κ3) is 9.12. The molecule has 1 aromatic carbocycles. The first kappa shape index (κ1) is 19.9. The van der Waals surface area contributed by atoms with Crippen molar-refractivity contribution in [3.63, 3.8) is 0 Å². The van der Waals surface area contributed by atoms with Crippen molar-refractivity contribution in [1.82, 2.24) is 10.6 Å². The lowest BCUT2D eigenvalue weighted by atomic mass is 10.2.